The van der Waals surface area contributed by atoms with E-state index in [4.69, 9.17) is 16.3 Å². The number of aliphatic carboxylic acids is 1. The molecule has 0 radical (unpaired) electrons. The third-order valence-electron chi connectivity index (χ3n) is 4.47. The Labute approximate surface area is 181 Å². The Morgan fingerprint density at radius 3 is 2.52 bits per heavy atom. The van der Waals surface area contributed by atoms with Crippen molar-refractivity contribution in [2.75, 3.05) is 7.11 Å². The highest BCUT2D eigenvalue weighted by molar-refractivity contribution is 6.31. The van der Waals surface area contributed by atoms with Gasteiger partial charge in [0.25, 0.3) is 5.91 Å². The van der Waals surface area contributed by atoms with Crippen LogP contribution in [0, 0.1) is 11.6 Å². The van der Waals surface area contributed by atoms with E-state index >= 15 is 0 Å². The molecule has 160 valence electrons. The summed E-state index contributed by atoms with van der Waals surface area (Å²) in [5.41, 5.74) is 0.706. The van der Waals surface area contributed by atoms with Crippen LogP contribution in [0.3, 0.4) is 0 Å². The van der Waals surface area contributed by atoms with E-state index in [1.807, 2.05) is 0 Å². The Hall–Kier alpha value is -3.52. The van der Waals surface area contributed by atoms with E-state index in [-0.39, 0.29) is 22.7 Å². The van der Waals surface area contributed by atoms with Gasteiger partial charge in [0.15, 0.2) is 11.6 Å². The number of benzene rings is 2. The number of ether oxygens (including phenoxy) is 1. The molecule has 31 heavy (non-hydrogen) atoms. The van der Waals surface area contributed by atoms with Crippen LogP contribution >= 0.6 is 11.6 Å². The fraction of sp³-hybridized carbons (Fsp3) is 0.136. The van der Waals surface area contributed by atoms with E-state index in [9.17, 15) is 23.5 Å². The number of amides is 1. The molecular weight excluding hydrogens is 430 g/mol. The number of nitrogens with one attached hydrogen (secondary N) is 1. The van der Waals surface area contributed by atoms with Crippen LogP contribution < -0.4 is 10.1 Å². The summed E-state index contributed by atoms with van der Waals surface area (Å²) in [4.78, 5) is 28.4. The molecule has 3 rings (SSSR count). The van der Waals surface area contributed by atoms with Gasteiger partial charge in [-0.3, -0.25) is 9.59 Å². The number of carbonyl (C=O) groups is 2. The van der Waals surface area contributed by atoms with E-state index in [1.165, 1.54) is 25.3 Å². The smallest absolute Gasteiger partial charge is 0.305 e. The highest BCUT2D eigenvalue weighted by atomic mass is 35.5. The van der Waals surface area contributed by atoms with Crippen molar-refractivity contribution in [3.63, 3.8) is 0 Å². The number of methoxy groups -OCH3 is 1. The number of carboxylic acids is 1. The van der Waals surface area contributed by atoms with E-state index in [0.29, 0.717) is 10.6 Å². The van der Waals surface area contributed by atoms with E-state index in [1.54, 1.807) is 24.3 Å². The topological polar surface area (TPSA) is 88.5 Å². The van der Waals surface area contributed by atoms with E-state index in [2.05, 4.69) is 10.3 Å². The second-order valence-electron chi connectivity index (χ2n) is 6.52. The average Bonchev–Trinajstić information content (AvgIpc) is 2.74. The van der Waals surface area contributed by atoms with Gasteiger partial charge in [0.1, 0.15) is 17.1 Å². The number of rotatable bonds is 7. The molecule has 0 fully saturated rings. The molecule has 1 atom stereocenters. The van der Waals surface area contributed by atoms with Gasteiger partial charge >= 0.3 is 5.97 Å². The lowest BCUT2D eigenvalue weighted by molar-refractivity contribution is -0.137. The molecule has 1 heterocycles. The molecule has 1 amide bonds. The SMILES string of the molecule is COc1ccc(C(=O)NC(CC(=O)O)c2ccccc2Cl)nc1-c1ccc(F)c(F)c1. The van der Waals surface area contributed by atoms with Crippen molar-refractivity contribution < 1.29 is 28.2 Å². The molecule has 2 N–H and O–H groups in total. The van der Waals surface area contributed by atoms with Crippen LogP contribution in [0.5, 0.6) is 5.75 Å². The number of hydrogen-bond donors (Lipinski definition) is 2. The second kappa shape index (κ2) is 9.53. The van der Waals surface area contributed by atoms with Crippen LogP contribution in [0.1, 0.15) is 28.5 Å². The zero-order valence-electron chi connectivity index (χ0n) is 16.2. The predicted molar refractivity (Wildman–Crippen MR) is 110 cm³/mol. The lowest BCUT2D eigenvalue weighted by atomic mass is 10.0. The normalized spacial score (nSPS) is 11.6. The number of aromatic nitrogens is 1. The van der Waals surface area contributed by atoms with Gasteiger partial charge in [-0.2, -0.15) is 0 Å². The summed E-state index contributed by atoms with van der Waals surface area (Å²) in [5.74, 6) is -3.65. The van der Waals surface area contributed by atoms with Gasteiger partial charge in [-0.15, -0.1) is 0 Å². The highest BCUT2D eigenvalue weighted by Crippen LogP contribution is 2.30. The molecule has 2 aromatic carbocycles. The molecule has 3 aromatic rings. The number of halogens is 3. The first-order valence-corrected chi connectivity index (χ1v) is 9.45. The largest absolute Gasteiger partial charge is 0.494 e. The quantitative estimate of drug-likeness (QED) is 0.552. The highest BCUT2D eigenvalue weighted by Gasteiger charge is 2.22. The van der Waals surface area contributed by atoms with Crippen LogP contribution in [-0.2, 0) is 4.79 Å². The molecule has 0 aliphatic carbocycles. The van der Waals surface area contributed by atoms with Crippen LogP contribution in [0.4, 0.5) is 8.78 Å². The lowest BCUT2D eigenvalue weighted by Gasteiger charge is -2.19. The second-order valence-corrected chi connectivity index (χ2v) is 6.93. The summed E-state index contributed by atoms with van der Waals surface area (Å²) in [6.45, 7) is 0. The summed E-state index contributed by atoms with van der Waals surface area (Å²) >= 11 is 6.16. The number of nitrogens with zero attached hydrogens (tertiary/aromatic N) is 1. The zero-order chi connectivity index (χ0) is 22.5. The summed E-state index contributed by atoms with van der Waals surface area (Å²) < 4.78 is 32.2. The maximum absolute atomic E-state index is 13.7. The minimum atomic E-state index is -1.13. The van der Waals surface area contributed by atoms with Crippen LogP contribution in [0.25, 0.3) is 11.3 Å². The van der Waals surface area contributed by atoms with Gasteiger partial charge in [0, 0.05) is 10.6 Å². The molecule has 9 heteroatoms. The molecule has 1 aromatic heterocycles. The molecule has 1 unspecified atom stereocenters. The third-order valence-corrected chi connectivity index (χ3v) is 4.81. The zero-order valence-corrected chi connectivity index (χ0v) is 17.0. The van der Waals surface area contributed by atoms with Gasteiger partial charge < -0.3 is 15.2 Å². The Bertz CT molecular complexity index is 1140. The van der Waals surface area contributed by atoms with Crippen LogP contribution in [0.15, 0.2) is 54.6 Å². The standard InChI is InChI=1S/C22H17ClF2N2O4/c1-31-19-9-8-17(26-21(19)12-6-7-15(24)16(25)10-12)22(30)27-18(11-20(28)29)13-4-2-3-5-14(13)23/h2-10,18H,11H2,1H3,(H,27,30)(H,28,29). The third kappa shape index (κ3) is 5.16. The van der Waals surface area contributed by atoms with Crippen molar-refractivity contribution in [2.45, 2.75) is 12.5 Å². The fourth-order valence-corrected chi connectivity index (χ4v) is 3.26. The first-order chi connectivity index (χ1) is 14.8. The van der Waals surface area contributed by atoms with Crippen molar-refractivity contribution in [2.24, 2.45) is 0 Å². The number of carbonyl (C=O) groups excluding carboxylic acids is 1. The first kappa shape index (κ1) is 22.2. The molecule has 0 spiro atoms. The first-order valence-electron chi connectivity index (χ1n) is 9.07. The Morgan fingerprint density at radius 2 is 1.87 bits per heavy atom. The summed E-state index contributed by atoms with van der Waals surface area (Å²) in [7, 11) is 1.38. The Balaban J connectivity index is 1.95. The Morgan fingerprint density at radius 1 is 1.13 bits per heavy atom. The lowest BCUT2D eigenvalue weighted by Crippen LogP contribution is -2.31. The summed E-state index contributed by atoms with van der Waals surface area (Å²) in [6, 6.07) is 11.7. The summed E-state index contributed by atoms with van der Waals surface area (Å²) in [6.07, 6.45) is -0.401. The summed E-state index contributed by atoms with van der Waals surface area (Å²) in [5, 5.41) is 12.2. The molecular formula is C22H17ClF2N2O4. The number of carboxylic acid groups (broad SMARTS) is 1. The molecule has 6 nitrogen and oxygen atoms in total. The van der Waals surface area contributed by atoms with Crippen molar-refractivity contribution in [1.82, 2.24) is 10.3 Å². The van der Waals surface area contributed by atoms with Crippen LogP contribution in [-0.4, -0.2) is 29.1 Å². The average molecular weight is 447 g/mol. The molecule has 0 saturated heterocycles. The number of pyridine rings is 1. The van der Waals surface area contributed by atoms with Crippen LogP contribution in [0.2, 0.25) is 5.02 Å². The monoisotopic (exact) mass is 446 g/mol. The van der Waals surface area contributed by atoms with Gasteiger partial charge in [0.05, 0.1) is 19.6 Å². The fourth-order valence-electron chi connectivity index (χ4n) is 2.99. The maximum Gasteiger partial charge on any atom is 0.305 e. The number of hydrogen-bond acceptors (Lipinski definition) is 4. The van der Waals surface area contributed by atoms with E-state index in [0.717, 1.165) is 12.1 Å². The van der Waals surface area contributed by atoms with Crippen molar-refractivity contribution in [3.05, 3.63) is 82.5 Å². The molecule has 0 bridgehead atoms. The van der Waals surface area contributed by atoms with Crippen molar-refractivity contribution >= 4 is 23.5 Å². The maximum atomic E-state index is 13.7. The minimum absolute atomic E-state index is 0.0667. The molecule has 0 aliphatic heterocycles. The van der Waals surface area contributed by atoms with Gasteiger partial charge in [-0.05, 0) is 42.0 Å². The predicted octanol–water partition coefficient (Wildman–Crippen LogP) is 4.63. The molecule has 0 saturated carbocycles. The van der Waals surface area contributed by atoms with Gasteiger partial charge in [0.2, 0.25) is 0 Å². The van der Waals surface area contributed by atoms with Crippen molar-refractivity contribution in [3.8, 4) is 17.0 Å². The van der Waals surface area contributed by atoms with Gasteiger partial charge in [-0.25, -0.2) is 13.8 Å². The van der Waals surface area contributed by atoms with Gasteiger partial charge in [-0.1, -0.05) is 29.8 Å². The van der Waals surface area contributed by atoms with E-state index < -0.39 is 36.0 Å². The molecule has 0 aliphatic rings. The Kier molecular flexibility index (Phi) is 6.81. The van der Waals surface area contributed by atoms with Crippen molar-refractivity contribution in [1.29, 1.82) is 0 Å². The minimum Gasteiger partial charge on any atom is -0.494 e.